The van der Waals surface area contributed by atoms with Gasteiger partial charge in [0.1, 0.15) is 36.0 Å². The van der Waals surface area contributed by atoms with Gasteiger partial charge < -0.3 is 41.0 Å². The molecule has 1 aliphatic carbocycles. The Morgan fingerprint density at radius 2 is 1.89 bits per heavy atom. The third-order valence-electron chi connectivity index (χ3n) is 9.46. The van der Waals surface area contributed by atoms with Crippen LogP contribution in [-0.4, -0.2) is 117 Å². The second-order valence-electron chi connectivity index (χ2n) is 12.8. The Morgan fingerprint density at radius 3 is 2.61 bits per heavy atom. The average Bonchev–Trinajstić information content (AvgIpc) is 3.69. The van der Waals surface area contributed by atoms with Crippen LogP contribution in [0.3, 0.4) is 0 Å². The van der Waals surface area contributed by atoms with Crippen molar-refractivity contribution in [3.05, 3.63) is 42.2 Å². The van der Waals surface area contributed by atoms with Gasteiger partial charge in [-0.3, -0.25) is 9.47 Å². The maximum Gasteiger partial charge on any atom is 0.167 e. The number of aromatic nitrogens is 6. The summed E-state index contributed by atoms with van der Waals surface area (Å²) in [5, 5.41) is 51.7. The normalized spacial score (nSPS) is 25.9. The fraction of sp³-hybridized carbons (Fsp3) is 0.600. The van der Waals surface area contributed by atoms with Crippen LogP contribution in [0.25, 0.3) is 22.2 Å². The number of imidazole rings is 2. The third kappa shape index (κ3) is 5.67. The molecule has 14 heteroatoms. The summed E-state index contributed by atoms with van der Waals surface area (Å²) in [5.74, 6) is 1.56. The molecule has 0 bridgehead atoms. The fourth-order valence-corrected chi connectivity index (χ4v) is 6.48. The van der Waals surface area contributed by atoms with Gasteiger partial charge in [-0.25, -0.2) is 19.9 Å². The van der Waals surface area contributed by atoms with E-state index >= 15 is 0 Å². The molecule has 0 amide bonds. The van der Waals surface area contributed by atoms with Crippen LogP contribution in [0, 0.1) is 5.92 Å². The van der Waals surface area contributed by atoms with Gasteiger partial charge in [0, 0.05) is 24.4 Å². The number of nitrogens with zero attached hydrogens (tertiary/aromatic N) is 6. The summed E-state index contributed by atoms with van der Waals surface area (Å²) in [5.41, 5.74) is 9.25. The minimum atomic E-state index is -1.25. The number of ether oxygens (including phenoxy) is 1. The SMILES string of the molecule is CC(C)(CO)c1ccc2nc(CCC3CC(N(C[C@H]4O[C@@H](n5cnc6c(N)ncnc65)[C@H](O)[C@@H]4O)C(CO)CO)C3)[nH]c2c1. The van der Waals surface area contributed by atoms with Crippen molar-refractivity contribution in [3.8, 4) is 0 Å². The number of benzene rings is 1. The van der Waals surface area contributed by atoms with Crippen LogP contribution in [0.1, 0.15) is 50.7 Å². The summed E-state index contributed by atoms with van der Waals surface area (Å²) in [6.45, 7) is 3.80. The first-order valence-electron chi connectivity index (χ1n) is 15.2. The van der Waals surface area contributed by atoms with Crippen LogP contribution < -0.4 is 5.73 Å². The molecule has 3 aromatic heterocycles. The highest BCUT2D eigenvalue weighted by Crippen LogP contribution is 2.38. The smallest absolute Gasteiger partial charge is 0.167 e. The van der Waals surface area contributed by atoms with Gasteiger partial charge in [0.25, 0.3) is 0 Å². The quantitative estimate of drug-likeness (QED) is 0.115. The van der Waals surface area contributed by atoms with Gasteiger partial charge in [0.05, 0.1) is 43.2 Å². The monoisotopic (exact) mass is 610 g/mol. The number of aliphatic hydroxyl groups excluding tert-OH is 5. The topological polar surface area (TPSA) is 212 Å². The van der Waals surface area contributed by atoms with Gasteiger partial charge in [-0.2, -0.15) is 0 Å². The Hall–Kier alpha value is -3.24. The van der Waals surface area contributed by atoms with Gasteiger partial charge in [0.2, 0.25) is 0 Å². The van der Waals surface area contributed by atoms with E-state index in [0.717, 1.165) is 48.1 Å². The number of hydrogen-bond donors (Lipinski definition) is 7. The molecule has 0 unspecified atom stereocenters. The van der Waals surface area contributed by atoms with Gasteiger partial charge in [0.15, 0.2) is 17.7 Å². The molecular formula is C30H42N8O6. The molecule has 0 radical (unpaired) electrons. The number of H-pyrrole nitrogens is 1. The van der Waals surface area contributed by atoms with Crippen molar-refractivity contribution in [1.82, 2.24) is 34.4 Å². The summed E-state index contributed by atoms with van der Waals surface area (Å²) in [7, 11) is 0. The minimum Gasteiger partial charge on any atom is -0.395 e. The van der Waals surface area contributed by atoms with Crippen molar-refractivity contribution in [1.29, 1.82) is 0 Å². The average molecular weight is 611 g/mol. The van der Waals surface area contributed by atoms with E-state index in [1.807, 2.05) is 30.9 Å². The highest BCUT2D eigenvalue weighted by atomic mass is 16.6. The molecule has 8 N–H and O–H groups in total. The summed E-state index contributed by atoms with van der Waals surface area (Å²) < 4.78 is 7.69. The largest absolute Gasteiger partial charge is 0.395 e. The fourth-order valence-electron chi connectivity index (χ4n) is 6.48. The zero-order valence-corrected chi connectivity index (χ0v) is 25.0. The summed E-state index contributed by atoms with van der Waals surface area (Å²) in [6.07, 6.45) is 2.04. The molecule has 4 atom stereocenters. The second-order valence-corrected chi connectivity index (χ2v) is 12.8. The molecule has 2 fully saturated rings. The van der Waals surface area contributed by atoms with Gasteiger partial charge in [-0.1, -0.05) is 19.9 Å². The van der Waals surface area contributed by atoms with Gasteiger partial charge >= 0.3 is 0 Å². The second kappa shape index (κ2) is 12.3. The summed E-state index contributed by atoms with van der Waals surface area (Å²) >= 11 is 0. The number of aryl methyl sites for hydroxylation is 1. The van der Waals surface area contributed by atoms with E-state index < -0.39 is 30.6 Å². The van der Waals surface area contributed by atoms with Crippen LogP contribution >= 0.6 is 0 Å². The van der Waals surface area contributed by atoms with Crippen LogP contribution in [0.5, 0.6) is 0 Å². The number of aromatic amines is 1. The predicted octanol–water partition coefficient (Wildman–Crippen LogP) is 0.241. The van der Waals surface area contributed by atoms with E-state index in [1.165, 1.54) is 17.2 Å². The number of rotatable bonds is 12. The first-order chi connectivity index (χ1) is 21.1. The van der Waals surface area contributed by atoms with Gasteiger partial charge in [-0.15, -0.1) is 0 Å². The molecule has 6 rings (SSSR count). The van der Waals surface area contributed by atoms with Gasteiger partial charge in [-0.05, 0) is 42.9 Å². The van der Waals surface area contributed by atoms with Crippen molar-refractivity contribution in [2.75, 3.05) is 32.1 Å². The highest BCUT2D eigenvalue weighted by Gasteiger charge is 2.47. The van der Waals surface area contributed by atoms with Crippen LogP contribution in [-0.2, 0) is 16.6 Å². The lowest BCUT2D eigenvalue weighted by molar-refractivity contribution is -0.0759. The van der Waals surface area contributed by atoms with E-state index in [1.54, 1.807) is 0 Å². The summed E-state index contributed by atoms with van der Waals surface area (Å²) in [6, 6.07) is 5.62. The number of aliphatic hydroxyl groups is 5. The molecule has 1 saturated heterocycles. The van der Waals surface area contributed by atoms with E-state index in [0.29, 0.717) is 17.1 Å². The van der Waals surface area contributed by atoms with Crippen LogP contribution in [0.2, 0.25) is 0 Å². The molecule has 238 valence electrons. The Bertz CT molecular complexity index is 1580. The molecule has 2 aliphatic rings. The maximum absolute atomic E-state index is 11.0. The number of nitrogens with two attached hydrogens (primary N) is 1. The molecular weight excluding hydrogens is 568 g/mol. The number of anilines is 1. The van der Waals surface area contributed by atoms with Crippen LogP contribution in [0.4, 0.5) is 5.82 Å². The lowest BCUT2D eigenvalue weighted by Crippen LogP contribution is -2.56. The third-order valence-corrected chi connectivity index (χ3v) is 9.46. The minimum absolute atomic E-state index is 0.0620. The first-order valence-corrected chi connectivity index (χ1v) is 15.2. The molecule has 0 spiro atoms. The standard InChI is InChI=1S/C30H42N8O6/c1-30(2,13-41)17-4-5-20-21(9-17)36-23(35-20)6-3-16-7-18(8-16)37(19(11-39)12-40)10-22-25(42)26(43)29(44-22)38-15-34-24-27(31)32-14-33-28(24)38/h4-5,9,14-16,18-19,22,25-26,29,39-43H,3,6-8,10-13H2,1-2H3,(H,35,36)(H2,31,32,33)/t16?,18?,22-,25-,26-,29-/m1/s1. The number of hydrogen-bond acceptors (Lipinski definition) is 12. The molecule has 4 heterocycles. The molecule has 1 saturated carbocycles. The van der Waals surface area contributed by atoms with Crippen molar-refractivity contribution in [2.45, 2.75) is 81.6 Å². The molecule has 1 aromatic carbocycles. The lowest BCUT2D eigenvalue weighted by Gasteiger charge is -2.46. The van der Waals surface area contributed by atoms with E-state index in [4.69, 9.17) is 15.5 Å². The van der Waals surface area contributed by atoms with E-state index in [9.17, 15) is 25.5 Å². The molecule has 4 aromatic rings. The van der Waals surface area contributed by atoms with Crippen molar-refractivity contribution < 1.29 is 30.3 Å². The number of nitrogen functional groups attached to an aromatic ring is 1. The molecule has 14 nitrogen and oxygen atoms in total. The van der Waals surface area contributed by atoms with Crippen molar-refractivity contribution >= 4 is 28.0 Å². The van der Waals surface area contributed by atoms with E-state index in [2.05, 4.69) is 26.0 Å². The Morgan fingerprint density at radius 1 is 1.11 bits per heavy atom. The summed E-state index contributed by atoms with van der Waals surface area (Å²) in [4.78, 5) is 22.6. The van der Waals surface area contributed by atoms with Crippen molar-refractivity contribution in [2.24, 2.45) is 5.92 Å². The molecule has 44 heavy (non-hydrogen) atoms. The zero-order chi connectivity index (χ0) is 31.2. The predicted molar refractivity (Wildman–Crippen MR) is 161 cm³/mol. The maximum atomic E-state index is 11.0. The highest BCUT2D eigenvalue weighted by molar-refractivity contribution is 5.81. The zero-order valence-electron chi connectivity index (χ0n) is 25.0. The Labute approximate surface area is 254 Å². The lowest BCUT2D eigenvalue weighted by atomic mass is 9.76. The molecule has 1 aliphatic heterocycles. The Balaban J connectivity index is 1.09. The number of nitrogens with one attached hydrogen (secondary N) is 1. The first kappa shape index (κ1) is 30.8. The van der Waals surface area contributed by atoms with Crippen molar-refractivity contribution in [3.63, 3.8) is 0 Å². The number of fused-ring (bicyclic) bond motifs is 2. The Kier molecular flexibility index (Phi) is 8.58. The van der Waals surface area contributed by atoms with Crippen LogP contribution in [0.15, 0.2) is 30.9 Å². The van der Waals surface area contributed by atoms with E-state index in [-0.39, 0.29) is 43.6 Å².